The van der Waals surface area contributed by atoms with E-state index >= 15 is 0 Å². The summed E-state index contributed by atoms with van der Waals surface area (Å²) < 4.78 is 0. The van der Waals surface area contributed by atoms with Gasteiger partial charge in [-0.25, -0.2) is 0 Å². The van der Waals surface area contributed by atoms with Crippen LogP contribution < -0.4 is 0 Å². The molecule has 0 bridgehead atoms. The summed E-state index contributed by atoms with van der Waals surface area (Å²) in [6.07, 6.45) is 1.31. The number of rotatable bonds is 2. The Balaban J connectivity index is 1.78. The van der Waals surface area contributed by atoms with Gasteiger partial charge in [0.1, 0.15) is 5.88 Å². The number of halogens is 1. The second kappa shape index (κ2) is 5.41. The van der Waals surface area contributed by atoms with Gasteiger partial charge < -0.3 is 4.90 Å². The van der Waals surface area contributed by atoms with Gasteiger partial charge in [-0.05, 0) is 12.2 Å². The van der Waals surface area contributed by atoms with E-state index in [1.165, 1.54) is 17.9 Å². The zero-order valence-electron chi connectivity index (χ0n) is 8.82. The number of hydrogen-bond donors (Lipinski definition) is 0. The Hall–Kier alpha value is 0.0700. The molecule has 0 unspecified atom stereocenters. The number of carbonyl (C=O) groups excluding carboxylic acids is 1. The number of carbonyl (C=O) groups is 1. The van der Waals surface area contributed by atoms with Crippen molar-refractivity contribution < 1.29 is 4.79 Å². The third-order valence-corrected chi connectivity index (χ3v) is 4.58. The van der Waals surface area contributed by atoms with E-state index in [1.807, 2.05) is 16.7 Å². The van der Waals surface area contributed by atoms with Crippen molar-refractivity contribution in [1.82, 2.24) is 9.80 Å². The number of alkyl halides is 1. The number of thioether (sulfide) groups is 1. The average Bonchev–Trinajstić information content (AvgIpc) is 2.82. The summed E-state index contributed by atoms with van der Waals surface area (Å²) in [6, 6.07) is 0.753. The van der Waals surface area contributed by atoms with Crippen LogP contribution >= 0.6 is 23.4 Å². The quantitative estimate of drug-likeness (QED) is 0.678. The number of hydrogen-bond acceptors (Lipinski definition) is 3. The van der Waals surface area contributed by atoms with Gasteiger partial charge >= 0.3 is 0 Å². The summed E-state index contributed by atoms with van der Waals surface area (Å²) in [5.41, 5.74) is 0. The van der Waals surface area contributed by atoms with Crippen molar-refractivity contribution >= 4 is 29.3 Å². The van der Waals surface area contributed by atoms with E-state index in [9.17, 15) is 4.79 Å². The largest absolute Gasteiger partial charge is 0.339 e. The molecule has 0 aromatic rings. The van der Waals surface area contributed by atoms with Crippen molar-refractivity contribution in [2.75, 3.05) is 43.6 Å². The molecule has 0 saturated carbocycles. The molecule has 3 nitrogen and oxygen atoms in total. The van der Waals surface area contributed by atoms with Crippen LogP contribution in [0.1, 0.15) is 6.42 Å². The highest BCUT2D eigenvalue weighted by molar-refractivity contribution is 7.99. The van der Waals surface area contributed by atoms with Gasteiger partial charge in [0.2, 0.25) is 5.91 Å². The molecule has 2 saturated heterocycles. The summed E-state index contributed by atoms with van der Waals surface area (Å²) in [5.74, 6) is 2.77. The Morgan fingerprint density at radius 3 is 2.60 bits per heavy atom. The van der Waals surface area contributed by atoms with Gasteiger partial charge in [-0.1, -0.05) is 0 Å². The smallest absolute Gasteiger partial charge is 0.237 e. The van der Waals surface area contributed by atoms with Crippen LogP contribution in [0.2, 0.25) is 0 Å². The average molecular weight is 249 g/mol. The fourth-order valence-corrected chi connectivity index (χ4v) is 3.66. The minimum absolute atomic E-state index is 0.0807. The van der Waals surface area contributed by atoms with Crippen molar-refractivity contribution in [1.29, 1.82) is 0 Å². The molecule has 0 radical (unpaired) electrons. The second-order valence-corrected chi connectivity index (χ2v) is 5.48. The Labute approximate surface area is 100 Å². The van der Waals surface area contributed by atoms with Crippen molar-refractivity contribution in [2.45, 2.75) is 12.5 Å². The van der Waals surface area contributed by atoms with Crippen LogP contribution in [0.25, 0.3) is 0 Å². The molecule has 0 aromatic carbocycles. The van der Waals surface area contributed by atoms with Gasteiger partial charge in [0.05, 0.1) is 0 Å². The summed E-state index contributed by atoms with van der Waals surface area (Å²) in [5, 5.41) is 0. The topological polar surface area (TPSA) is 23.6 Å². The molecule has 2 rings (SSSR count). The van der Waals surface area contributed by atoms with Crippen LogP contribution in [0.3, 0.4) is 0 Å². The van der Waals surface area contributed by atoms with Gasteiger partial charge in [0.25, 0.3) is 0 Å². The Morgan fingerprint density at radius 1 is 1.33 bits per heavy atom. The van der Waals surface area contributed by atoms with E-state index in [-0.39, 0.29) is 11.8 Å². The molecule has 0 N–H and O–H groups in total. The zero-order valence-corrected chi connectivity index (χ0v) is 10.4. The summed E-state index contributed by atoms with van der Waals surface area (Å²) in [7, 11) is 0. The van der Waals surface area contributed by atoms with E-state index in [0.717, 1.165) is 32.2 Å². The van der Waals surface area contributed by atoms with Crippen molar-refractivity contribution in [3.63, 3.8) is 0 Å². The first-order chi connectivity index (χ1) is 7.31. The highest BCUT2D eigenvalue weighted by atomic mass is 35.5. The Bertz CT molecular complexity index is 225. The number of nitrogens with zero attached hydrogens (tertiary/aromatic N) is 2. The first kappa shape index (κ1) is 11.6. The maximum absolute atomic E-state index is 11.4. The van der Waals surface area contributed by atoms with E-state index < -0.39 is 0 Å². The standard InChI is InChI=1S/C10H17ClN2OS/c11-7-10(14)13-4-2-12(3-5-13)9-1-6-15-8-9/h9H,1-8H2/t9-/m0/s1. The van der Waals surface area contributed by atoms with Crippen molar-refractivity contribution in [3.8, 4) is 0 Å². The lowest BCUT2D eigenvalue weighted by atomic mass is 10.2. The van der Waals surface area contributed by atoms with Gasteiger partial charge in [0.15, 0.2) is 0 Å². The van der Waals surface area contributed by atoms with Gasteiger partial charge in [0, 0.05) is 38.0 Å². The predicted octanol–water partition coefficient (Wildman–Crippen LogP) is 0.875. The molecule has 1 amide bonds. The maximum atomic E-state index is 11.4. The van der Waals surface area contributed by atoms with E-state index in [2.05, 4.69) is 4.90 Å². The predicted molar refractivity (Wildman–Crippen MR) is 64.6 cm³/mol. The third-order valence-electron chi connectivity index (χ3n) is 3.20. The molecular weight excluding hydrogens is 232 g/mol. The van der Waals surface area contributed by atoms with E-state index in [1.54, 1.807) is 0 Å². The van der Waals surface area contributed by atoms with Crippen LogP contribution in [-0.4, -0.2) is 65.3 Å². The molecule has 86 valence electrons. The molecule has 1 atom stereocenters. The minimum Gasteiger partial charge on any atom is -0.339 e. The molecule has 0 spiro atoms. The normalized spacial score (nSPS) is 28.3. The molecule has 5 heteroatoms. The maximum Gasteiger partial charge on any atom is 0.237 e. The Kier molecular flexibility index (Phi) is 4.17. The van der Waals surface area contributed by atoms with Gasteiger partial charge in [-0.15, -0.1) is 11.6 Å². The molecular formula is C10H17ClN2OS. The molecule has 2 aliphatic rings. The van der Waals surface area contributed by atoms with E-state index in [0.29, 0.717) is 0 Å². The molecule has 0 aliphatic carbocycles. The van der Waals surface area contributed by atoms with Gasteiger partial charge in [-0.2, -0.15) is 11.8 Å². The van der Waals surface area contributed by atoms with Crippen molar-refractivity contribution in [3.05, 3.63) is 0 Å². The lowest BCUT2D eigenvalue weighted by molar-refractivity contribution is -0.130. The molecule has 2 aliphatic heterocycles. The number of amides is 1. The van der Waals surface area contributed by atoms with Crippen LogP contribution in [-0.2, 0) is 4.79 Å². The van der Waals surface area contributed by atoms with E-state index in [4.69, 9.17) is 11.6 Å². The summed E-state index contributed by atoms with van der Waals surface area (Å²) in [6.45, 7) is 3.75. The highest BCUT2D eigenvalue weighted by Crippen LogP contribution is 2.23. The van der Waals surface area contributed by atoms with Crippen molar-refractivity contribution in [2.24, 2.45) is 0 Å². The lowest BCUT2D eigenvalue weighted by Crippen LogP contribution is -2.52. The first-order valence-electron chi connectivity index (χ1n) is 5.47. The van der Waals surface area contributed by atoms with Gasteiger partial charge in [-0.3, -0.25) is 9.69 Å². The van der Waals surface area contributed by atoms with Crippen LogP contribution in [0.15, 0.2) is 0 Å². The third kappa shape index (κ3) is 2.80. The summed E-state index contributed by atoms with van der Waals surface area (Å²) >= 11 is 7.58. The SMILES string of the molecule is O=C(CCl)N1CCN([C@H]2CCSC2)CC1. The molecule has 15 heavy (non-hydrogen) atoms. The minimum atomic E-state index is 0.0807. The molecule has 2 fully saturated rings. The molecule has 2 heterocycles. The second-order valence-electron chi connectivity index (χ2n) is 4.07. The molecule has 0 aromatic heterocycles. The fourth-order valence-electron chi connectivity index (χ4n) is 2.23. The first-order valence-corrected chi connectivity index (χ1v) is 7.15. The fraction of sp³-hybridized carbons (Fsp3) is 0.900. The highest BCUT2D eigenvalue weighted by Gasteiger charge is 2.27. The van der Waals surface area contributed by atoms with Crippen LogP contribution in [0.5, 0.6) is 0 Å². The monoisotopic (exact) mass is 248 g/mol. The van der Waals surface area contributed by atoms with Crippen LogP contribution in [0, 0.1) is 0 Å². The summed E-state index contributed by atoms with van der Waals surface area (Å²) in [4.78, 5) is 15.8. The van der Waals surface area contributed by atoms with Crippen LogP contribution in [0.4, 0.5) is 0 Å². The lowest BCUT2D eigenvalue weighted by Gasteiger charge is -2.37. The Morgan fingerprint density at radius 2 is 2.07 bits per heavy atom. The zero-order chi connectivity index (χ0) is 10.7. The number of piperazine rings is 1.